The number of hydrogen-bond acceptors (Lipinski definition) is 6. The lowest BCUT2D eigenvalue weighted by Crippen LogP contribution is -2.32. The highest BCUT2D eigenvalue weighted by Crippen LogP contribution is 2.22. The molecule has 3 rings (SSSR count). The summed E-state index contributed by atoms with van der Waals surface area (Å²) in [6, 6.07) is 7.97. The first kappa shape index (κ1) is 21.5. The van der Waals surface area contributed by atoms with Gasteiger partial charge in [0.2, 0.25) is 10.0 Å². The van der Waals surface area contributed by atoms with Crippen molar-refractivity contribution in [1.29, 1.82) is 0 Å². The van der Waals surface area contributed by atoms with Crippen molar-refractivity contribution in [3.8, 4) is 0 Å². The van der Waals surface area contributed by atoms with E-state index in [4.69, 9.17) is 4.74 Å². The van der Waals surface area contributed by atoms with Crippen LogP contribution in [0.1, 0.15) is 31.2 Å². The van der Waals surface area contributed by atoms with Gasteiger partial charge in [0.25, 0.3) is 5.91 Å². The molecule has 0 aliphatic carbocycles. The van der Waals surface area contributed by atoms with Gasteiger partial charge in [-0.15, -0.1) is 0 Å². The molecule has 1 aromatic heterocycles. The zero-order valence-corrected chi connectivity index (χ0v) is 17.6. The molecule has 2 heterocycles. The third-order valence-corrected chi connectivity index (χ3v) is 7.24. The van der Waals surface area contributed by atoms with Crippen LogP contribution in [-0.4, -0.2) is 44.3 Å². The van der Waals surface area contributed by atoms with Crippen LogP contribution in [0.3, 0.4) is 0 Å². The van der Waals surface area contributed by atoms with Gasteiger partial charge in [0.15, 0.2) is 6.61 Å². The van der Waals surface area contributed by atoms with E-state index in [1.807, 2.05) is 16.8 Å². The molecule has 0 spiro atoms. The number of benzene rings is 1. The van der Waals surface area contributed by atoms with E-state index in [9.17, 15) is 18.0 Å². The number of esters is 1. The highest BCUT2D eigenvalue weighted by molar-refractivity contribution is 7.89. The maximum absolute atomic E-state index is 12.9. The average molecular weight is 437 g/mol. The lowest BCUT2D eigenvalue weighted by atomic mass is 10.2. The van der Waals surface area contributed by atoms with Crippen molar-refractivity contribution >= 4 is 38.9 Å². The molecule has 156 valence electrons. The maximum Gasteiger partial charge on any atom is 0.310 e. The first-order chi connectivity index (χ1) is 13.9. The van der Waals surface area contributed by atoms with Crippen molar-refractivity contribution in [2.45, 2.75) is 37.0 Å². The number of hydrogen-bond donors (Lipinski definition) is 1. The van der Waals surface area contributed by atoms with Gasteiger partial charge in [-0.1, -0.05) is 18.9 Å². The normalized spacial score (nSPS) is 15.4. The van der Waals surface area contributed by atoms with Crippen LogP contribution < -0.4 is 5.32 Å². The fourth-order valence-corrected chi connectivity index (χ4v) is 5.35. The topological polar surface area (TPSA) is 92.8 Å². The van der Waals surface area contributed by atoms with E-state index in [-0.39, 0.29) is 11.3 Å². The number of sulfonamides is 1. The number of thiophene rings is 1. The SMILES string of the molecule is O=C(COC(=O)Cc1ccsc1)Nc1cccc(S(=O)(=O)N2CCCCCC2)c1. The predicted molar refractivity (Wildman–Crippen MR) is 111 cm³/mol. The number of rotatable bonds is 7. The number of anilines is 1. The summed E-state index contributed by atoms with van der Waals surface area (Å²) in [6.07, 6.45) is 3.89. The average Bonchev–Trinajstić information content (AvgIpc) is 3.04. The highest BCUT2D eigenvalue weighted by Gasteiger charge is 2.25. The summed E-state index contributed by atoms with van der Waals surface area (Å²) in [5, 5.41) is 6.29. The first-order valence-electron chi connectivity index (χ1n) is 9.52. The molecule has 0 unspecified atom stereocenters. The zero-order chi connectivity index (χ0) is 20.7. The molecule has 29 heavy (non-hydrogen) atoms. The van der Waals surface area contributed by atoms with Gasteiger partial charge in [-0.3, -0.25) is 9.59 Å². The van der Waals surface area contributed by atoms with E-state index in [1.54, 1.807) is 12.1 Å². The van der Waals surface area contributed by atoms with Gasteiger partial charge in [-0.25, -0.2) is 8.42 Å². The van der Waals surface area contributed by atoms with E-state index in [2.05, 4.69) is 5.32 Å². The van der Waals surface area contributed by atoms with E-state index >= 15 is 0 Å². The number of nitrogens with one attached hydrogen (secondary N) is 1. The molecule has 0 bridgehead atoms. The van der Waals surface area contributed by atoms with Crippen molar-refractivity contribution in [2.75, 3.05) is 25.0 Å². The van der Waals surface area contributed by atoms with Crippen LogP contribution in [0.5, 0.6) is 0 Å². The van der Waals surface area contributed by atoms with Gasteiger partial charge in [0, 0.05) is 18.8 Å². The summed E-state index contributed by atoms with van der Waals surface area (Å²) < 4.78 is 32.3. The Labute approximate surface area is 174 Å². The molecule has 0 radical (unpaired) electrons. The van der Waals surface area contributed by atoms with Gasteiger partial charge in [0.05, 0.1) is 11.3 Å². The second-order valence-electron chi connectivity index (χ2n) is 6.86. The van der Waals surface area contributed by atoms with Crippen LogP contribution in [0.25, 0.3) is 0 Å². The van der Waals surface area contributed by atoms with Crippen LogP contribution in [0.4, 0.5) is 5.69 Å². The largest absolute Gasteiger partial charge is 0.455 e. The Morgan fingerprint density at radius 1 is 1.10 bits per heavy atom. The summed E-state index contributed by atoms with van der Waals surface area (Å²) in [5.74, 6) is -1.01. The summed E-state index contributed by atoms with van der Waals surface area (Å²) in [6.45, 7) is 0.601. The minimum atomic E-state index is -3.60. The van der Waals surface area contributed by atoms with Crippen molar-refractivity contribution < 1.29 is 22.7 Å². The number of amides is 1. The molecule has 0 saturated carbocycles. The fourth-order valence-electron chi connectivity index (χ4n) is 3.12. The lowest BCUT2D eigenvalue weighted by Gasteiger charge is -2.20. The molecule has 1 aliphatic heterocycles. The fraction of sp³-hybridized carbons (Fsp3) is 0.400. The molecular weight excluding hydrogens is 412 g/mol. The summed E-state index contributed by atoms with van der Waals surface area (Å²) in [4.78, 5) is 24.0. The van der Waals surface area contributed by atoms with Gasteiger partial charge < -0.3 is 10.1 Å². The minimum Gasteiger partial charge on any atom is -0.455 e. The van der Waals surface area contributed by atoms with Crippen LogP contribution in [0.15, 0.2) is 46.0 Å². The second-order valence-corrected chi connectivity index (χ2v) is 9.58. The Balaban J connectivity index is 1.57. The third-order valence-electron chi connectivity index (χ3n) is 4.61. The maximum atomic E-state index is 12.9. The van der Waals surface area contributed by atoms with Crippen molar-refractivity contribution in [1.82, 2.24) is 4.31 Å². The lowest BCUT2D eigenvalue weighted by molar-refractivity contribution is -0.146. The molecule has 0 atom stereocenters. The van der Waals surface area contributed by atoms with Crippen LogP contribution in [0.2, 0.25) is 0 Å². The van der Waals surface area contributed by atoms with Crippen molar-refractivity contribution in [3.05, 3.63) is 46.7 Å². The van der Waals surface area contributed by atoms with Gasteiger partial charge in [-0.05, 0) is 53.4 Å². The summed E-state index contributed by atoms with van der Waals surface area (Å²) >= 11 is 1.48. The molecule has 1 N–H and O–H groups in total. The Morgan fingerprint density at radius 3 is 2.55 bits per heavy atom. The molecule has 1 aliphatic rings. The third kappa shape index (κ3) is 6.12. The molecule has 7 nitrogen and oxygen atoms in total. The van der Waals surface area contributed by atoms with Crippen LogP contribution in [-0.2, 0) is 30.8 Å². The van der Waals surface area contributed by atoms with Gasteiger partial charge >= 0.3 is 5.97 Å². The Kier molecular flexibility index (Phi) is 7.40. The smallest absolute Gasteiger partial charge is 0.310 e. The van der Waals surface area contributed by atoms with E-state index in [0.29, 0.717) is 18.8 Å². The van der Waals surface area contributed by atoms with E-state index in [1.165, 1.54) is 27.8 Å². The first-order valence-corrected chi connectivity index (χ1v) is 11.9. The van der Waals surface area contributed by atoms with Crippen molar-refractivity contribution in [3.63, 3.8) is 0 Å². The monoisotopic (exact) mass is 436 g/mol. The minimum absolute atomic E-state index is 0.111. The van der Waals surface area contributed by atoms with E-state index < -0.39 is 28.5 Å². The molecule has 1 saturated heterocycles. The molecule has 9 heteroatoms. The number of carbonyl (C=O) groups excluding carboxylic acids is 2. The molecule has 2 aromatic rings. The predicted octanol–water partition coefficient (Wildman–Crippen LogP) is 3.04. The Hall–Kier alpha value is -2.23. The molecule has 1 fully saturated rings. The van der Waals surface area contributed by atoms with Crippen LogP contribution >= 0.6 is 11.3 Å². The number of carbonyl (C=O) groups is 2. The molecular formula is C20H24N2O5S2. The Bertz CT molecular complexity index is 934. The Morgan fingerprint density at radius 2 is 1.86 bits per heavy atom. The van der Waals surface area contributed by atoms with Crippen molar-refractivity contribution in [2.24, 2.45) is 0 Å². The van der Waals surface area contributed by atoms with Gasteiger partial charge in [0.1, 0.15) is 0 Å². The standard InChI is InChI=1S/C20H24N2O5S2/c23-19(14-27-20(24)12-16-8-11-28-15-16)21-17-6-5-7-18(13-17)29(25,26)22-9-3-1-2-4-10-22/h5-8,11,13,15H,1-4,9-10,12,14H2,(H,21,23). The van der Waals surface area contributed by atoms with Gasteiger partial charge in [-0.2, -0.15) is 15.6 Å². The van der Waals surface area contributed by atoms with E-state index in [0.717, 1.165) is 31.2 Å². The number of ether oxygens (including phenoxy) is 1. The number of nitrogens with zero attached hydrogens (tertiary/aromatic N) is 1. The quantitative estimate of drug-likeness (QED) is 0.674. The summed E-state index contributed by atoms with van der Waals surface area (Å²) in [7, 11) is -3.60. The molecule has 1 aromatic carbocycles. The second kappa shape index (κ2) is 10.00. The zero-order valence-electron chi connectivity index (χ0n) is 16.0. The summed E-state index contributed by atoms with van der Waals surface area (Å²) in [5.41, 5.74) is 1.19. The van der Waals surface area contributed by atoms with Crippen LogP contribution in [0, 0.1) is 0 Å². The highest BCUT2D eigenvalue weighted by atomic mass is 32.2. The molecule has 1 amide bonds.